The molecule has 2 amide bonds. The molecule has 0 bridgehead atoms. The van der Waals surface area contributed by atoms with Crippen LogP contribution in [-0.2, 0) is 16.0 Å². The van der Waals surface area contributed by atoms with Crippen molar-refractivity contribution in [2.45, 2.75) is 66.2 Å². The molecule has 1 aliphatic heterocycles. The fourth-order valence-corrected chi connectivity index (χ4v) is 4.87. The molecule has 2 heterocycles. The Bertz CT molecular complexity index is 1400. The van der Waals surface area contributed by atoms with Gasteiger partial charge in [0.1, 0.15) is 17.0 Å². The Morgan fingerprint density at radius 3 is 2.23 bits per heavy atom. The summed E-state index contributed by atoms with van der Waals surface area (Å²) in [5.41, 5.74) is 3.93. The molecule has 0 atom stereocenters. The smallest absolute Gasteiger partial charge is 0.410 e. The number of nitrogens with one attached hydrogen (secondary N) is 1. The van der Waals surface area contributed by atoms with Crippen LogP contribution in [0.15, 0.2) is 42.5 Å². The van der Waals surface area contributed by atoms with Crippen molar-refractivity contribution in [3.05, 3.63) is 58.6 Å². The molecule has 0 unspecified atom stereocenters. The second-order valence-electron chi connectivity index (χ2n) is 12.2. The molecule has 1 aromatic heterocycles. The lowest BCUT2D eigenvalue weighted by molar-refractivity contribution is 0.0240. The highest BCUT2D eigenvalue weighted by atomic mass is 35.5. The lowest BCUT2D eigenvalue weighted by Gasteiger charge is -2.36. The van der Waals surface area contributed by atoms with E-state index in [1.165, 1.54) is 0 Å². The number of aryl methyl sites for hydroxylation is 1. The van der Waals surface area contributed by atoms with Crippen molar-refractivity contribution in [2.24, 2.45) is 0 Å². The Morgan fingerprint density at radius 1 is 0.900 bits per heavy atom. The minimum Gasteiger partial charge on any atom is -0.444 e. The number of halogens is 1. The van der Waals surface area contributed by atoms with Crippen LogP contribution in [0.25, 0.3) is 22.0 Å². The maximum atomic E-state index is 12.4. The molecule has 3 aromatic rings. The van der Waals surface area contributed by atoms with Crippen molar-refractivity contribution in [1.82, 2.24) is 15.2 Å². The summed E-state index contributed by atoms with van der Waals surface area (Å²) in [7, 11) is 0. The largest absolute Gasteiger partial charge is 0.444 e. The van der Waals surface area contributed by atoms with Crippen LogP contribution >= 0.6 is 11.6 Å². The van der Waals surface area contributed by atoms with Crippen LogP contribution in [0.5, 0.6) is 0 Å². The molecule has 1 saturated heterocycles. The predicted molar refractivity (Wildman–Crippen MR) is 160 cm³/mol. The van der Waals surface area contributed by atoms with Gasteiger partial charge >= 0.3 is 12.2 Å². The van der Waals surface area contributed by atoms with E-state index >= 15 is 0 Å². The number of nitrogens with zero attached hydrogens (tertiary/aromatic N) is 3. The number of fused-ring (bicyclic) bond motifs is 1. The minimum absolute atomic E-state index is 0.294. The van der Waals surface area contributed by atoms with Crippen LogP contribution < -0.4 is 10.2 Å². The molecule has 40 heavy (non-hydrogen) atoms. The topological polar surface area (TPSA) is 84.0 Å². The zero-order chi connectivity index (χ0) is 29.2. The van der Waals surface area contributed by atoms with Gasteiger partial charge in [-0.2, -0.15) is 0 Å². The number of carbonyl (C=O) groups is 2. The highest BCUT2D eigenvalue weighted by molar-refractivity contribution is 6.33. The highest BCUT2D eigenvalue weighted by Gasteiger charge is 2.27. The Labute approximate surface area is 241 Å². The average molecular weight is 567 g/mol. The van der Waals surface area contributed by atoms with Crippen LogP contribution in [0, 0.1) is 6.92 Å². The molecule has 214 valence electrons. The molecule has 8 nitrogen and oxygen atoms in total. The summed E-state index contributed by atoms with van der Waals surface area (Å²) in [4.78, 5) is 33.2. The molecule has 1 N–H and O–H groups in total. The fraction of sp³-hybridized carbons (Fsp3) is 0.452. The van der Waals surface area contributed by atoms with E-state index in [1.54, 1.807) is 4.90 Å². The number of piperazine rings is 1. The first-order valence-electron chi connectivity index (χ1n) is 13.6. The second kappa shape index (κ2) is 11.5. The predicted octanol–water partition coefficient (Wildman–Crippen LogP) is 6.95. The number of anilines is 1. The number of carbonyl (C=O) groups excluding carboxylic acids is 2. The number of ether oxygens (including phenoxy) is 2. The molecule has 1 fully saturated rings. The van der Waals surface area contributed by atoms with E-state index in [0.717, 1.165) is 39.0 Å². The normalized spacial score (nSPS) is 14.3. The third-order valence-electron chi connectivity index (χ3n) is 6.29. The van der Waals surface area contributed by atoms with Crippen molar-refractivity contribution in [3.8, 4) is 11.1 Å². The van der Waals surface area contributed by atoms with Gasteiger partial charge in [-0.1, -0.05) is 35.4 Å². The van der Waals surface area contributed by atoms with Gasteiger partial charge < -0.3 is 24.6 Å². The van der Waals surface area contributed by atoms with Gasteiger partial charge in [-0.05, 0) is 89.4 Å². The van der Waals surface area contributed by atoms with E-state index in [2.05, 4.69) is 34.5 Å². The molecule has 9 heteroatoms. The average Bonchev–Trinajstić information content (AvgIpc) is 2.84. The summed E-state index contributed by atoms with van der Waals surface area (Å²) in [5.74, 6) is 0.719. The third-order valence-corrected chi connectivity index (χ3v) is 6.56. The van der Waals surface area contributed by atoms with Crippen molar-refractivity contribution in [2.75, 3.05) is 31.1 Å². The summed E-state index contributed by atoms with van der Waals surface area (Å²) < 4.78 is 10.9. The number of amides is 2. The van der Waals surface area contributed by atoms with E-state index in [0.29, 0.717) is 37.7 Å². The number of aromatic nitrogens is 1. The summed E-state index contributed by atoms with van der Waals surface area (Å²) in [5, 5.41) is 4.34. The molecule has 2 aromatic carbocycles. The number of alkyl carbamates (subject to hydrolysis) is 1. The number of hydrogen-bond acceptors (Lipinski definition) is 6. The van der Waals surface area contributed by atoms with Crippen LogP contribution in [0.3, 0.4) is 0 Å². The van der Waals surface area contributed by atoms with Crippen molar-refractivity contribution >= 4 is 40.5 Å². The van der Waals surface area contributed by atoms with Crippen molar-refractivity contribution in [1.29, 1.82) is 0 Å². The maximum Gasteiger partial charge on any atom is 0.410 e. The minimum atomic E-state index is -0.545. The monoisotopic (exact) mass is 566 g/mol. The molecule has 1 aliphatic rings. The van der Waals surface area contributed by atoms with Gasteiger partial charge in [-0.3, -0.25) is 0 Å². The molecule has 0 spiro atoms. The van der Waals surface area contributed by atoms with Crippen molar-refractivity contribution in [3.63, 3.8) is 0 Å². The summed E-state index contributed by atoms with van der Waals surface area (Å²) in [6.45, 7) is 15.9. The van der Waals surface area contributed by atoms with E-state index in [-0.39, 0.29) is 6.09 Å². The van der Waals surface area contributed by atoms with Crippen molar-refractivity contribution < 1.29 is 19.1 Å². The van der Waals surface area contributed by atoms with Crippen LogP contribution in [0.2, 0.25) is 5.02 Å². The molecule has 0 saturated carbocycles. The summed E-state index contributed by atoms with van der Waals surface area (Å²) in [6.07, 6.45) is -0.735. The zero-order valence-corrected chi connectivity index (χ0v) is 25.2. The number of benzene rings is 2. The number of pyridine rings is 1. The fourth-order valence-electron chi connectivity index (χ4n) is 4.59. The second-order valence-corrected chi connectivity index (χ2v) is 12.6. The van der Waals surface area contributed by atoms with E-state index in [9.17, 15) is 9.59 Å². The Hall–Kier alpha value is -3.52. The van der Waals surface area contributed by atoms with Gasteiger partial charge in [0, 0.05) is 38.1 Å². The Morgan fingerprint density at radius 2 is 1.57 bits per heavy atom. The van der Waals surface area contributed by atoms with Gasteiger partial charge in [0.25, 0.3) is 0 Å². The molecule has 0 aliphatic carbocycles. The van der Waals surface area contributed by atoms with Gasteiger partial charge in [0.15, 0.2) is 0 Å². The number of hydrogen-bond donors (Lipinski definition) is 1. The van der Waals surface area contributed by atoms with Gasteiger partial charge in [-0.15, -0.1) is 0 Å². The van der Waals surface area contributed by atoms with Gasteiger partial charge in [0.2, 0.25) is 0 Å². The van der Waals surface area contributed by atoms with Crippen LogP contribution in [0.1, 0.15) is 52.7 Å². The van der Waals surface area contributed by atoms with Crippen LogP contribution in [0.4, 0.5) is 15.4 Å². The lowest BCUT2D eigenvalue weighted by Crippen LogP contribution is -2.50. The lowest BCUT2D eigenvalue weighted by atomic mass is 9.99. The summed E-state index contributed by atoms with van der Waals surface area (Å²) >= 11 is 6.73. The van der Waals surface area contributed by atoms with Crippen LogP contribution in [-0.4, -0.2) is 59.5 Å². The molecule has 4 rings (SSSR count). The highest BCUT2D eigenvalue weighted by Crippen LogP contribution is 2.32. The SMILES string of the molecule is Cc1cc(CNC(=O)OC(C)(C)C)cc(-c2ccc3nc(N4CCN(C(=O)OC(C)(C)C)CC4)c(Cl)cc3c2)c1. The zero-order valence-electron chi connectivity index (χ0n) is 24.4. The first-order chi connectivity index (χ1) is 18.7. The Balaban J connectivity index is 1.48. The quantitative estimate of drug-likeness (QED) is 0.368. The third kappa shape index (κ3) is 7.78. The molecular formula is C31H39ClN4O4. The Kier molecular flexibility index (Phi) is 8.49. The molecular weight excluding hydrogens is 528 g/mol. The van der Waals surface area contributed by atoms with E-state index in [1.807, 2.05) is 66.7 Å². The first kappa shape index (κ1) is 29.5. The molecule has 0 radical (unpaired) electrons. The number of rotatable bonds is 4. The summed E-state index contributed by atoms with van der Waals surface area (Å²) in [6, 6.07) is 14.3. The first-order valence-corrected chi connectivity index (χ1v) is 14.0. The van der Waals surface area contributed by atoms with Gasteiger partial charge in [0.05, 0.1) is 10.5 Å². The maximum absolute atomic E-state index is 12.4. The van der Waals surface area contributed by atoms with E-state index < -0.39 is 17.3 Å². The standard InChI is InChI=1S/C31H39ClN4O4/c1-20-14-21(19-33-28(37)39-30(2,3)4)16-23(15-20)22-8-9-26-24(17-22)18-25(32)27(34-26)35-10-12-36(13-11-35)29(38)40-31(5,6)7/h8-9,14-18H,10-13,19H2,1-7H3,(H,33,37). The van der Waals surface area contributed by atoms with Gasteiger partial charge in [-0.25, -0.2) is 14.6 Å². The van der Waals surface area contributed by atoms with E-state index in [4.69, 9.17) is 26.1 Å².